The molecule has 0 aliphatic heterocycles. The maximum absolute atomic E-state index is 7.44. The van der Waals surface area contributed by atoms with E-state index in [4.69, 9.17) is 16.7 Å². The van der Waals surface area contributed by atoms with Crippen molar-refractivity contribution in [2.45, 2.75) is 6.92 Å². The number of hydrogen-bond acceptors (Lipinski definition) is 1. The van der Waals surface area contributed by atoms with Crippen molar-refractivity contribution in [3.05, 3.63) is 34.9 Å². The van der Waals surface area contributed by atoms with Crippen LogP contribution in [0, 0.1) is 6.92 Å². The van der Waals surface area contributed by atoms with Gasteiger partial charge in [0.1, 0.15) is 0 Å². The van der Waals surface area contributed by atoms with E-state index in [1.165, 1.54) is 0 Å². The molecule has 0 saturated carbocycles. The van der Waals surface area contributed by atoms with E-state index < -0.39 is 0 Å². The molecule has 1 aromatic heterocycles. The Kier molecular flexibility index (Phi) is 1.85. The Hall–Kier alpha value is -1.28. The fourth-order valence-electron chi connectivity index (χ4n) is 1.38. The highest BCUT2D eigenvalue weighted by atomic mass is 35.5. The zero-order valence-electron chi connectivity index (χ0n) is 7.13. The first kappa shape index (κ1) is 8.32. The second-order valence-electron chi connectivity index (χ2n) is 2.96. The second-order valence-corrected chi connectivity index (χ2v) is 3.37. The first-order valence-corrected chi connectivity index (χ1v) is 4.34. The van der Waals surface area contributed by atoms with Crippen molar-refractivity contribution in [1.29, 1.82) is 0 Å². The van der Waals surface area contributed by atoms with Crippen LogP contribution < -0.4 is 0 Å². The molecule has 0 saturated heterocycles. The highest BCUT2D eigenvalue weighted by Crippen LogP contribution is 2.26. The molecule has 3 heteroatoms. The lowest BCUT2D eigenvalue weighted by molar-refractivity contribution is 0.455. The maximum atomic E-state index is 7.44. The van der Waals surface area contributed by atoms with Crippen LogP contribution in [-0.2, 0) is 0 Å². The number of pyridine rings is 1. The number of halogens is 1. The van der Waals surface area contributed by atoms with Crippen LogP contribution in [0.25, 0.3) is 10.9 Å². The van der Waals surface area contributed by atoms with Crippen LogP contribution >= 0.6 is 11.6 Å². The molecule has 0 fully saturated rings. The molecule has 1 aromatic carbocycles. The van der Waals surface area contributed by atoms with Gasteiger partial charge < -0.3 is 5.11 Å². The molecule has 0 bridgehead atoms. The highest BCUT2D eigenvalue weighted by molar-refractivity contribution is 6.35. The maximum Gasteiger partial charge on any atom is 0.357 e. The normalized spacial score (nSPS) is 10.6. The minimum Gasteiger partial charge on any atom is -0.579 e. The Bertz CT molecular complexity index is 468. The van der Waals surface area contributed by atoms with Gasteiger partial charge in [-0.05, 0) is 18.6 Å². The van der Waals surface area contributed by atoms with E-state index in [1.807, 2.05) is 19.1 Å². The number of fused-ring (bicyclic) bond motifs is 1. The summed E-state index contributed by atoms with van der Waals surface area (Å²) in [4.78, 5) is 4.07. The summed E-state index contributed by atoms with van der Waals surface area (Å²) in [6.45, 7) is 1.96. The van der Waals surface area contributed by atoms with Crippen LogP contribution in [0.1, 0.15) is 5.56 Å². The van der Waals surface area contributed by atoms with Crippen molar-refractivity contribution in [2.75, 3.05) is 0 Å². The van der Waals surface area contributed by atoms with Crippen LogP contribution in [0.5, 0.6) is 5.88 Å². The molecule has 2 aromatic rings. The lowest BCUT2D eigenvalue weighted by atomic mass is 10.1. The zero-order chi connectivity index (χ0) is 9.42. The molecule has 66 valence electrons. The van der Waals surface area contributed by atoms with Crippen molar-refractivity contribution in [1.82, 2.24) is 4.98 Å². The van der Waals surface area contributed by atoms with E-state index in [2.05, 4.69) is 4.98 Å². The molecule has 2 nitrogen and oxygen atoms in total. The van der Waals surface area contributed by atoms with Crippen molar-refractivity contribution in [3.8, 4) is 5.88 Å². The third-order valence-electron chi connectivity index (χ3n) is 2.00. The summed E-state index contributed by atoms with van der Waals surface area (Å²) in [6, 6.07) is 7.38. The summed E-state index contributed by atoms with van der Waals surface area (Å²) in [5.74, 6) is 0.262. The molecule has 0 spiro atoms. The third kappa shape index (κ3) is 1.33. The Labute approximate surface area is 80.8 Å². The van der Waals surface area contributed by atoms with E-state index in [0.29, 0.717) is 10.5 Å². The number of aromatic nitrogens is 1. The molecule has 0 aliphatic rings. The van der Waals surface area contributed by atoms with Crippen LogP contribution in [0.3, 0.4) is 0 Å². The molecule has 0 unspecified atom stereocenters. The molecule has 2 N–H and O–H groups in total. The molecule has 13 heavy (non-hydrogen) atoms. The summed E-state index contributed by atoms with van der Waals surface area (Å²) in [6.07, 6.45) is 0. The van der Waals surface area contributed by atoms with E-state index in [1.54, 1.807) is 12.1 Å². The van der Waals surface area contributed by atoms with Gasteiger partial charge in [0, 0.05) is 5.39 Å². The number of aryl methyl sites for hydroxylation is 1. The van der Waals surface area contributed by atoms with Crippen LogP contribution in [0.4, 0.5) is 0 Å². The predicted molar refractivity (Wildman–Crippen MR) is 54.5 cm³/mol. The van der Waals surface area contributed by atoms with Crippen LogP contribution in [-0.4, -0.2) is 10.1 Å². The number of benzene rings is 1. The molecule has 0 amide bonds. The van der Waals surface area contributed by atoms with Gasteiger partial charge in [-0.3, -0.25) is 0 Å². The van der Waals surface area contributed by atoms with E-state index in [0.717, 1.165) is 10.9 Å². The van der Waals surface area contributed by atoms with Gasteiger partial charge >= 0.3 is 5.88 Å². The highest BCUT2D eigenvalue weighted by Gasteiger charge is 2.06. The van der Waals surface area contributed by atoms with Gasteiger partial charge in [0.15, 0.2) is 0 Å². The third-order valence-corrected chi connectivity index (χ3v) is 2.30. The lowest BCUT2D eigenvalue weighted by Crippen LogP contribution is -1.84. The minimum absolute atomic E-state index is 0.262. The van der Waals surface area contributed by atoms with Crippen molar-refractivity contribution < 1.29 is 5.11 Å². The quantitative estimate of drug-likeness (QED) is 0.594. The molecular weight excluding hydrogens is 186 g/mol. The van der Waals surface area contributed by atoms with Gasteiger partial charge in [-0.1, -0.05) is 23.7 Å². The Morgan fingerprint density at radius 3 is 2.92 bits per heavy atom. The monoisotopic (exact) mass is 194 g/mol. The van der Waals surface area contributed by atoms with Crippen molar-refractivity contribution in [3.63, 3.8) is 0 Å². The molecule has 0 aliphatic carbocycles. The van der Waals surface area contributed by atoms with Crippen molar-refractivity contribution >= 4 is 22.5 Å². The van der Waals surface area contributed by atoms with Crippen LogP contribution in [0.2, 0.25) is 5.02 Å². The lowest BCUT2D eigenvalue weighted by Gasteiger charge is -2.01. The summed E-state index contributed by atoms with van der Waals surface area (Å²) in [5.41, 5.74) is 1.76. The number of hydrogen-bond donors (Lipinski definition) is 0. The number of rotatable bonds is 0. The Morgan fingerprint density at radius 1 is 1.38 bits per heavy atom. The van der Waals surface area contributed by atoms with Crippen LogP contribution in [0.15, 0.2) is 24.3 Å². The first-order chi connectivity index (χ1) is 6.18. The molecule has 0 radical (unpaired) electrons. The summed E-state index contributed by atoms with van der Waals surface area (Å²) in [5, 5.41) is 9.07. The summed E-state index contributed by atoms with van der Waals surface area (Å²) in [7, 11) is 0. The van der Waals surface area contributed by atoms with Gasteiger partial charge in [0.2, 0.25) is 0 Å². The molecular formula is C10H9ClNO+. The SMILES string of the molecule is Cc1cc([OH2+])nc2c(Cl)cccc12. The molecule has 0 atom stereocenters. The fraction of sp³-hybridized carbons (Fsp3) is 0.100. The van der Waals surface area contributed by atoms with Gasteiger partial charge in [0.25, 0.3) is 0 Å². The Balaban J connectivity index is 2.94. The van der Waals surface area contributed by atoms with Crippen molar-refractivity contribution in [2.24, 2.45) is 0 Å². The summed E-state index contributed by atoms with van der Waals surface area (Å²) < 4.78 is 0. The van der Waals surface area contributed by atoms with E-state index in [-0.39, 0.29) is 5.88 Å². The topological polar surface area (TPSA) is 35.8 Å². The molecule has 1 heterocycles. The summed E-state index contributed by atoms with van der Waals surface area (Å²) >= 11 is 5.96. The average molecular weight is 195 g/mol. The van der Waals surface area contributed by atoms with Gasteiger partial charge in [0.05, 0.1) is 16.6 Å². The molecule has 2 rings (SSSR count). The largest absolute Gasteiger partial charge is 0.579 e. The van der Waals surface area contributed by atoms with E-state index >= 15 is 0 Å². The standard InChI is InChI=1S/C10H8ClNO/c1-6-5-9(13)12-10-7(6)3-2-4-8(10)11/h2-5H,1H3,(H,12,13)/p+1. The number of nitrogens with zero attached hydrogens (tertiary/aromatic N) is 1. The average Bonchev–Trinajstić information content (AvgIpc) is 2.07. The zero-order valence-corrected chi connectivity index (χ0v) is 7.89. The smallest absolute Gasteiger partial charge is 0.357 e. The number of para-hydroxylation sites is 1. The van der Waals surface area contributed by atoms with Gasteiger partial charge in [-0.2, -0.15) is 4.98 Å². The predicted octanol–water partition coefficient (Wildman–Crippen LogP) is 2.63. The fourth-order valence-corrected chi connectivity index (χ4v) is 1.60. The van der Waals surface area contributed by atoms with E-state index in [9.17, 15) is 0 Å². The van der Waals surface area contributed by atoms with Gasteiger partial charge in [-0.15, -0.1) is 0 Å². The van der Waals surface area contributed by atoms with Gasteiger partial charge in [-0.25, -0.2) is 0 Å². The second kappa shape index (κ2) is 2.89. The first-order valence-electron chi connectivity index (χ1n) is 3.96. The minimum atomic E-state index is 0.262. The Morgan fingerprint density at radius 2 is 2.15 bits per heavy atom.